The number of nitrogens with zero attached hydrogens (tertiary/aromatic N) is 1. The van der Waals surface area contributed by atoms with E-state index in [0.29, 0.717) is 17.9 Å². The predicted molar refractivity (Wildman–Crippen MR) is 90.5 cm³/mol. The van der Waals surface area contributed by atoms with Gasteiger partial charge in [-0.25, -0.2) is 0 Å². The summed E-state index contributed by atoms with van der Waals surface area (Å²) in [5, 5.41) is 24.3. The Balaban J connectivity index is 2.17. The lowest BCUT2D eigenvalue weighted by Gasteiger charge is -2.20. The largest absolute Gasteiger partial charge is 0.550 e. The number of carboxylic acids is 1. The lowest BCUT2D eigenvalue weighted by Crippen LogP contribution is -2.34. The van der Waals surface area contributed by atoms with Crippen LogP contribution in [0, 0.1) is 10.1 Å². The van der Waals surface area contributed by atoms with Crippen molar-refractivity contribution in [2.45, 2.75) is 19.4 Å². The molecule has 2 rings (SSSR count). The molecule has 0 spiro atoms. The number of amides is 1. The van der Waals surface area contributed by atoms with Crippen molar-refractivity contribution in [1.82, 2.24) is 5.32 Å². The second-order valence-electron chi connectivity index (χ2n) is 5.41. The first-order valence-electron chi connectivity index (χ1n) is 7.88. The van der Waals surface area contributed by atoms with Crippen molar-refractivity contribution < 1.29 is 24.4 Å². The molecule has 0 aliphatic heterocycles. The van der Waals surface area contributed by atoms with E-state index >= 15 is 0 Å². The number of nitro benzene ring substituents is 1. The zero-order valence-electron chi connectivity index (χ0n) is 14.0. The molecule has 1 unspecified atom stereocenters. The van der Waals surface area contributed by atoms with Crippen molar-refractivity contribution in [3.8, 4) is 5.75 Å². The second-order valence-corrected chi connectivity index (χ2v) is 5.41. The fourth-order valence-corrected chi connectivity index (χ4v) is 2.36. The highest BCUT2D eigenvalue weighted by Crippen LogP contribution is 2.21. The monoisotopic (exact) mass is 357 g/mol. The maximum Gasteiger partial charge on any atom is 0.269 e. The average Bonchev–Trinajstić information content (AvgIpc) is 2.61. The molecule has 0 aromatic heterocycles. The SMILES string of the molecule is CCOc1ccc(C(CC(=O)[O-])NC(=O)c2ccc([N+](=O)[O-])cc2)cc1. The summed E-state index contributed by atoms with van der Waals surface area (Å²) in [6.45, 7) is 2.34. The summed E-state index contributed by atoms with van der Waals surface area (Å²) in [6, 6.07) is 10.9. The van der Waals surface area contributed by atoms with Gasteiger partial charge in [-0.05, 0) is 36.8 Å². The van der Waals surface area contributed by atoms with E-state index in [4.69, 9.17) is 4.74 Å². The minimum Gasteiger partial charge on any atom is -0.550 e. The lowest BCUT2D eigenvalue weighted by molar-refractivity contribution is -0.384. The Labute approximate surface area is 149 Å². The van der Waals surface area contributed by atoms with E-state index in [2.05, 4.69) is 5.32 Å². The van der Waals surface area contributed by atoms with Crippen molar-refractivity contribution in [2.75, 3.05) is 6.61 Å². The van der Waals surface area contributed by atoms with Crippen LogP contribution in [0.1, 0.15) is 35.3 Å². The molecule has 0 aliphatic carbocycles. The van der Waals surface area contributed by atoms with E-state index in [1.807, 2.05) is 6.92 Å². The smallest absolute Gasteiger partial charge is 0.269 e. The highest BCUT2D eigenvalue weighted by Gasteiger charge is 2.17. The Kier molecular flexibility index (Phi) is 6.26. The molecule has 136 valence electrons. The van der Waals surface area contributed by atoms with Crippen LogP contribution in [0.15, 0.2) is 48.5 Å². The number of carbonyl (C=O) groups is 2. The molecule has 0 bridgehead atoms. The number of carbonyl (C=O) groups excluding carboxylic acids is 2. The van der Waals surface area contributed by atoms with E-state index < -0.39 is 29.3 Å². The third kappa shape index (κ3) is 5.04. The lowest BCUT2D eigenvalue weighted by atomic mass is 10.0. The molecule has 2 aromatic carbocycles. The van der Waals surface area contributed by atoms with Gasteiger partial charge in [-0.1, -0.05) is 12.1 Å². The van der Waals surface area contributed by atoms with Gasteiger partial charge in [0, 0.05) is 30.1 Å². The number of benzene rings is 2. The van der Waals surface area contributed by atoms with Crippen LogP contribution in [0.2, 0.25) is 0 Å². The number of carboxylic acid groups (broad SMARTS) is 1. The maximum atomic E-state index is 12.3. The van der Waals surface area contributed by atoms with E-state index in [-0.39, 0.29) is 11.3 Å². The topological polar surface area (TPSA) is 122 Å². The van der Waals surface area contributed by atoms with Crippen molar-refractivity contribution in [3.63, 3.8) is 0 Å². The van der Waals surface area contributed by atoms with Crippen LogP contribution < -0.4 is 15.2 Å². The molecule has 0 radical (unpaired) electrons. The zero-order chi connectivity index (χ0) is 19.1. The van der Waals surface area contributed by atoms with E-state index in [0.717, 1.165) is 0 Å². The summed E-state index contributed by atoms with van der Waals surface area (Å²) < 4.78 is 5.33. The summed E-state index contributed by atoms with van der Waals surface area (Å²) in [4.78, 5) is 33.5. The molecule has 0 saturated carbocycles. The molecule has 2 aromatic rings. The molecule has 26 heavy (non-hydrogen) atoms. The van der Waals surface area contributed by atoms with E-state index in [9.17, 15) is 24.8 Å². The molecule has 8 heteroatoms. The third-order valence-corrected chi connectivity index (χ3v) is 3.61. The molecule has 8 nitrogen and oxygen atoms in total. The Morgan fingerprint density at radius 3 is 2.23 bits per heavy atom. The molecule has 0 aliphatic rings. The van der Waals surface area contributed by atoms with Crippen molar-refractivity contribution in [2.24, 2.45) is 0 Å². The fraction of sp³-hybridized carbons (Fsp3) is 0.222. The first kappa shape index (κ1) is 18.9. The summed E-state index contributed by atoms with van der Waals surface area (Å²) in [7, 11) is 0. The number of non-ortho nitro benzene ring substituents is 1. The van der Waals surface area contributed by atoms with Gasteiger partial charge in [-0.2, -0.15) is 0 Å². The first-order chi connectivity index (χ1) is 12.4. The summed E-state index contributed by atoms with van der Waals surface area (Å²) in [6.07, 6.45) is -0.410. The van der Waals surface area contributed by atoms with Gasteiger partial charge < -0.3 is 20.0 Å². The van der Waals surface area contributed by atoms with Crippen LogP contribution in [0.3, 0.4) is 0 Å². The predicted octanol–water partition coefficient (Wildman–Crippen LogP) is 1.60. The van der Waals surface area contributed by atoms with Gasteiger partial charge in [0.15, 0.2) is 0 Å². The number of ether oxygens (including phenoxy) is 1. The Morgan fingerprint density at radius 2 is 1.73 bits per heavy atom. The molecule has 0 fully saturated rings. The minimum atomic E-state index is -1.31. The van der Waals surface area contributed by atoms with Crippen LogP contribution in [0.5, 0.6) is 5.75 Å². The van der Waals surface area contributed by atoms with Crippen LogP contribution >= 0.6 is 0 Å². The quantitative estimate of drug-likeness (QED) is 0.566. The number of nitro groups is 1. The molecular weight excluding hydrogens is 340 g/mol. The molecule has 1 N–H and O–H groups in total. The number of hydrogen-bond acceptors (Lipinski definition) is 6. The standard InChI is InChI=1S/C18H18N2O6/c1-2-26-15-9-5-12(6-10-15)16(11-17(21)22)19-18(23)13-3-7-14(8-4-13)20(24)25/h3-10,16H,2,11H2,1H3,(H,19,23)(H,21,22)/p-1. The van der Waals surface area contributed by atoms with Gasteiger partial charge in [-0.3, -0.25) is 14.9 Å². The Hall–Kier alpha value is -3.42. The van der Waals surface area contributed by atoms with E-state index in [1.165, 1.54) is 24.3 Å². The Bertz CT molecular complexity index is 786. The normalized spacial score (nSPS) is 11.4. The highest BCUT2D eigenvalue weighted by atomic mass is 16.6. The fourth-order valence-electron chi connectivity index (χ4n) is 2.36. The van der Waals surface area contributed by atoms with Crippen molar-refractivity contribution in [3.05, 3.63) is 69.8 Å². The van der Waals surface area contributed by atoms with Crippen LogP contribution in [-0.2, 0) is 4.79 Å². The molecule has 1 amide bonds. The van der Waals surface area contributed by atoms with Crippen LogP contribution in [-0.4, -0.2) is 23.4 Å². The number of rotatable bonds is 8. The summed E-state index contributed by atoms with van der Waals surface area (Å²) in [5.74, 6) is -1.22. The maximum absolute atomic E-state index is 12.3. The van der Waals surface area contributed by atoms with Crippen molar-refractivity contribution in [1.29, 1.82) is 0 Å². The third-order valence-electron chi connectivity index (χ3n) is 3.61. The van der Waals surface area contributed by atoms with Gasteiger partial charge in [-0.15, -0.1) is 0 Å². The molecule has 1 atom stereocenters. The number of aliphatic carboxylic acids is 1. The van der Waals surface area contributed by atoms with Gasteiger partial charge in [0.25, 0.3) is 11.6 Å². The minimum absolute atomic E-state index is 0.139. The Morgan fingerprint density at radius 1 is 1.12 bits per heavy atom. The number of hydrogen-bond donors (Lipinski definition) is 1. The second kappa shape index (κ2) is 8.61. The van der Waals surface area contributed by atoms with Gasteiger partial charge in [0.05, 0.1) is 17.6 Å². The molecule has 0 saturated heterocycles. The first-order valence-corrected chi connectivity index (χ1v) is 7.88. The van der Waals surface area contributed by atoms with Gasteiger partial charge in [0.2, 0.25) is 0 Å². The molecule has 0 heterocycles. The van der Waals surface area contributed by atoms with Gasteiger partial charge >= 0.3 is 0 Å². The zero-order valence-corrected chi connectivity index (χ0v) is 14.0. The van der Waals surface area contributed by atoms with E-state index in [1.54, 1.807) is 24.3 Å². The van der Waals surface area contributed by atoms with Crippen LogP contribution in [0.4, 0.5) is 5.69 Å². The average molecular weight is 357 g/mol. The summed E-state index contributed by atoms with van der Waals surface area (Å²) >= 11 is 0. The van der Waals surface area contributed by atoms with Crippen molar-refractivity contribution >= 4 is 17.6 Å². The van der Waals surface area contributed by atoms with Crippen LogP contribution in [0.25, 0.3) is 0 Å². The summed E-state index contributed by atoms with van der Waals surface area (Å²) in [5.41, 5.74) is 0.622. The van der Waals surface area contributed by atoms with Gasteiger partial charge in [0.1, 0.15) is 5.75 Å². The number of nitrogens with one attached hydrogen (secondary N) is 1. The highest BCUT2D eigenvalue weighted by molar-refractivity contribution is 5.94. The molecular formula is C18H17N2O6-.